The SMILES string of the molecule is C#CCCN(C(=O)OC(C)(C)C)C1CCN(C(=O)OC(C)(C)C)CC1. The summed E-state index contributed by atoms with van der Waals surface area (Å²) in [6, 6.07) is 0.0156. The van der Waals surface area contributed by atoms with E-state index < -0.39 is 11.2 Å². The predicted molar refractivity (Wildman–Crippen MR) is 97.2 cm³/mol. The molecule has 1 saturated heterocycles. The summed E-state index contributed by atoms with van der Waals surface area (Å²) in [7, 11) is 0. The summed E-state index contributed by atoms with van der Waals surface area (Å²) in [4.78, 5) is 28.0. The number of ether oxygens (including phenoxy) is 2. The molecule has 0 spiro atoms. The molecule has 1 aliphatic heterocycles. The number of likely N-dealkylation sites (tertiary alicyclic amines) is 1. The third-order valence-electron chi connectivity index (χ3n) is 3.68. The van der Waals surface area contributed by atoms with E-state index >= 15 is 0 Å². The van der Waals surface area contributed by atoms with E-state index in [9.17, 15) is 9.59 Å². The molecular weight excluding hydrogens is 320 g/mol. The van der Waals surface area contributed by atoms with Gasteiger partial charge in [-0.15, -0.1) is 12.3 Å². The minimum atomic E-state index is -0.553. The van der Waals surface area contributed by atoms with Crippen molar-refractivity contribution in [3.8, 4) is 12.3 Å². The second-order valence-electron chi connectivity index (χ2n) is 8.33. The minimum Gasteiger partial charge on any atom is -0.444 e. The number of rotatable bonds is 3. The summed E-state index contributed by atoms with van der Waals surface area (Å²) in [5, 5.41) is 0. The standard InChI is InChI=1S/C19H32N2O4/c1-8-9-12-21(17(23)25-19(5,6)7)15-10-13-20(14-11-15)16(22)24-18(2,3)4/h1,15H,9-14H2,2-7H3. The van der Waals surface area contributed by atoms with Gasteiger partial charge in [0.1, 0.15) is 11.2 Å². The highest BCUT2D eigenvalue weighted by Crippen LogP contribution is 2.21. The van der Waals surface area contributed by atoms with Gasteiger partial charge < -0.3 is 19.3 Å². The lowest BCUT2D eigenvalue weighted by Crippen LogP contribution is -2.50. The summed E-state index contributed by atoms with van der Waals surface area (Å²) in [6.45, 7) is 12.6. The highest BCUT2D eigenvalue weighted by atomic mass is 16.6. The Kier molecular flexibility index (Phi) is 7.16. The molecule has 0 atom stereocenters. The molecule has 1 heterocycles. The molecule has 2 amide bonds. The second-order valence-corrected chi connectivity index (χ2v) is 8.33. The quantitative estimate of drug-likeness (QED) is 0.728. The molecule has 0 aliphatic carbocycles. The number of carbonyl (C=O) groups excluding carboxylic acids is 2. The van der Waals surface area contributed by atoms with Gasteiger partial charge in [0.15, 0.2) is 0 Å². The third-order valence-corrected chi connectivity index (χ3v) is 3.68. The number of piperidine rings is 1. The van der Waals surface area contributed by atoms with Gasteiger partial charge >= 0.3 is 12.2 Å². The Morgan fingerprint density at radius 1 is 1.08 bits per heavy atom. The molecule has 0 unspecified atom stereocenters. The molecule has 25 heavy (non-hydrogen) atoms. The summed E-state index contributed by atoms with van der Waals surface area (Å²) < 4.78 is 10.9. The zero-order valence-electron chi connectivity index (χ0n) is 16.4. The van der Waals surface area contributed by atoms with Crippen LogP contribution in [0.4, 0.5) is 9.59 Å². The van der Waals surface area contributed by atoms with E-state index in [0.717, 1.165) is 0 Å². The van der Waals surface area contributed by atoms with Crippen LogP contribution in [0.3, 0.4) is 0 Å². The molecule has 0 bridgehead atoms. The first-order valence-corrected chi connectivity index (χ1v) is 8.84. The Hall–Kier alpha value is -1.90. The van der Waals surface area contributed by atoms with Crippen molar-refractivity contribution in [3.63, 3.8) is 0 Å². The van der Waals surface area contributed by atoms with Gasteiger partial charge in [-0.25, -0.2) is 9.59 Å². The summed E-state index contributed by atoms with van der Waals surface area (Å²) in [5.74, 6) is 2.57. The normalized spacial score (nSPS) is 16.1. The average molecular weight is 352 g/mol. The Bertz CT molecular complexity index is 503. The molecule has 0 N–H and O–H groups in total. The van der Waals surface area contributed by atoms with E-state index in [1.165, 1.54) is 0 Å². The number of hydrogen-bond acceptors (Lipinski definition) is 4. The highest BCUT2D eigenvalue weighted by Gasteiger charge is 2.33. The van der Waals surface area contributed by atoms with Crippen molar-refractivity contribution in [2.24, 2.45) is 0 Å². The van der Waals surface area contributed by atoms with Crippen LogP contribution in [0.5, 0.6) is 0 Å². The average Bonchev–Trinajstić information content (AvgIpc) is 2.44. The molecule has 1 aliphatic rings. The van der Waals surface area contributed by atoms with Crippen molar-refractivity contribution in [1.29, 1.82) is 0 Å². The van der Waals surface area contributed by atoms with Crippen molar-refractivity contribution in [3.05, 3.63) is 0 Å². The maximum absolute atomic E-state index is 12.5. The predicted octanol–water partition coefficient (Wildman–Crippen LogP) is 3.65. The topological polar surface area (TPSA) is 59.1 Å². The monoisotopic (exact) mass is 352 g/mol. The van der Waals surface area contributed by atoms with Crippen molar-refractivity contribution < 1.29 is 19.1 Å². The first-order valence-electron chi connectivity index (χ1n) is 8.84. The summed E-state index contributed by atoms with van der Waals surface area (Å²) in [5.41, 5.74) is -1.06. The lowest BCUT2D eigenvalue weighted by Gasteiger charge is -2.39. The molecule has 0 saturated carbocycles. The van der Waals surface area contributed by atoms with E-state index in [1.54, 1.807) is 9.80 Å². The van der Waals surface area contributed by atoms with Gasteiger partial charge in [-0.1, -0.05) is 0 Å². The van der Waals surface area contributed by atoms with Crippen LogP contribution in [-0.2, 0) is 9.47 Å². The Labute approximate surface area is 151 Å². The van der Waals surface area contributed by atoms with Crippen LogP contribution in [0.15, 0.2) is 0 Å². The van der Waals surface area contributed by atoms with Gasteiger partial charge in [0, 0.05) is 32.1 Å². The Balaban J connectivity index is 2.67. The van der Waals surface area contributed by atoms with Crippen LogP contribution in [0.1, 0.15) is 60.8 Å². The van der Waals surface area contributed by atoms with E-state index in [-0.39, 0.29) is 18.2 Å². The first-order chi connectivity index (χ1) is 11.4. The number of nitrogens with zero attached hydrogens (tertiary/aromatic N) is 2. The van der Waals surface area contributed by atoms with Gasteiger partial charge in [-0.3, -0.25) is 0 Å². The van der Waals surface area contributed by atoms with Crippen molar-refractivity contribution in [1.82, 2.24) is 9.80 Å². The smallest absolute Gasteiger partial charge is 0.410 e. The zero-order valence-corrected chi connectivity index (χ0v) is 16.4. The van der Waals surface area contributed by atoms with Crippen molar-refractivity contribution in [2.75, 3.05) is 19.6 Å². The van der Waals surface area contributed by atoms with Crippen LogP contribution in [-0.4, -0.2) is 58.9 Å². The number of hydrogen-bond donors (Lipinski definition) is 0. The molecule has 6 heteroatoms. The van der Waals surface area contributed by atoms with E-state index in [1.807, 2.05) is 41.5 Å². The number of terminal acetylenes is 1. The first kappa shape index (κ1) is 21.1. The molecule has 6 nitrogen and oxygen atoms in total. The molecule has 0 aromatic heterocycles. The molecule has 142 valence electrons. The van der Waals surface area contributed by atoms with E-state index in [2.05, 4.69) is 5.92 Å². The number of carbonyl (C=O) groups is 2. The third kappa shape index (κ3) is 7.68. The second kappa shape index (κ2) is 8.46. The molecule has 1 rings (SSSR count). The lowest BCUT2D eigenvalue weighted by atomic mass is 10.0. The minimum absolute atomic E-state index is 0.0156. The van der Waals surface area contributed by atoms with Gasteiger partial charge in [-0.05, 0) is 54.4 Å². The maximum atomic E-state index is 12.5. The lowest BCUT2D eigenvalue weighted by molar-refractivity contribution is 0.000895. The largest absolute Gasteiger partial charge is 0.444 e. The van der Waals surface area contributed by atoms with Gasteiger partial charge in [0.25, 0.3) is 0 Å². The van der Waals surface area contributed by atoms with Crippen LogP contribution >= 0.6 is 0 Å². The van der Waals surface area contributed by atoms with Crippen LogP contribution in [0, 0.1) is 12.3 Å². The van der Waals surface area contributed by atoms with Crippen molar-refractivity contribution in [2.45, 2.75) is 78.0 Å². The van der Waals surface area contributed by atoms with E-state index in [0.29, 0.717) is 38.9 Å². The zero-order chi connectivity index (χ0) is 19.3. The fraction of sp³-hybridized carbons (Fsp3) is 0.789. The summed E-state index contributed by atoms with van der Waals surface area (Å²) in [6.07, 6.45) is 6.55. The molecular formula is C19H32N2O4. The Morgan fingerprint density at radius 2 is 1.60 bits per heavy atom. The highest BCUT2D eigenvalue weighted by molar-refractivity contribution is 5.69. The molecule has 0 radical (unpaired) electrons. The molecule has 0 aromatic carbocycles. The maximum Gasteiger partial charge on any atom is 0.410 e. The Morgan fingerprint density at radius 3 is 2.04 bits per heavy atom. The molecule has 1 fully saturated rings. The van der Waals surface area contributed by atoms with Gasteiger partial charge in [-0.2, -0.15) is 0 Å². The molecule has 0 aromatic rings. The van der Waals surface area contributed by atoms with Gasteiger partial charge in [0.05, 0.1) is 0 Å². The van der Waals surface area contributed by atoms with Crippen LogP contribution < -0.4 is 0 Å². The van der Waals surface area contributed by atoms with Gasteiger partial charge in [0.2, 0.25) is 0 Å². The number of amides is 2. The fourth-order valence-corrected chi connectivity index (χ4v) is 2.62. The van der Waals surface area contributed by atoms with Crippen molar-refractivity contribution >= 4 is 12.2 Å². The fourth-order valence-electron chi connectivity index (χ4n) is 2.62. The van der Waals surface area contributed by atoms with Crippen LogP contribution in [0.2, 0.25) is 0 Å². The van der Waals surface area contributed by atoms with Crippen LogP contribution in [0.25, 0.3) is 0 Å². The summed E-state index contributed by atoms with van der Waals surface area (Å²) >= 11 is 0. The van der Waals surface area contributed by atoms with E-state index in [4.69, 9.17) is 15.9 Å².